The van der Waals surface area contributed by atoms with Gasteiger partial charge in [0.1, 0.15) is 6.54 Å². The molecule has 2 aromatic rings. The Morgan fingerprint density at radius 2 is 1.71 bits per heavy atom. The predicted octanol–water partition coefficient (Wildman–Crippen LogP) is 3.50. The standard InChI is InChI=1S/C18H16F3N3O4/c1-2-9-23(18(26)11-3-5-12(6-4-11)24(27)28)10-15(25)22-14-8-7-13(19)16(20)17(14)21/h3-8H,2,9-10H2,1H3,(H,22,25). The van der Waals surface area contributed by atoms with Gasteiger partial charge in [0.25, 0.3) is 11.6 Å². The number of nitro groups is 1. The fraction of sp³-hybridized carbons (Fsp3) is 0.222. The Bertz CT molecular complexity index is 904. The molecule has 148 valence electrons. The van der Waals surface area contributed by atoms with E-state index in [0.29, 0.717) is 12.5 Å². The average molecular weight is 395 g/mol. The Morgan fingerprint density at radius 3 is 2.29 bits per heavy atom. The number of carbonyl (C=O) groups is 2. The minimum absolute atomic E-state index is 0.130. The summed E-state index contributed by atoms with van der Waals surface area (Å²) in [4.78, 5) is 35.9. The summed E-state index contributed by atoms with van der Waals surface area (Å²) in [6.07, 6.45) is 0.505. The van der Waals surface area contributed by atoms with Gasteiger partial charge in [0.05, 0.1) is 10.6 Å². The molecule has 0 saturated heterocycles. The molecule has 0 heterocycles. The number of benzene rings is 2. The molecule has 0 aromatic heterocycles. The molecule has 0 spiro atoms. The molecule has 2 aromatic carbocycles. The molecule has 0 aliphatic rings. The number of non-ortho nitro benzene ring substituents is 1. The van der Waals surface area contributed by atoms with E-state index in [0.717, 1.165) is 23.1 Å². The molecule has 0 radical (unpaired) electrons. The molecule has 0 aliphatic heterocycles. The topological polar surface area (TPSA) is 92.6 Å². The van der Waals surface area contributed by atoms with Gasteiger partial charge in [-0.05, 0) is 30.7 Å². The third-order valence-electron chi connectivity index (χ3n) is 3.75. The summed E-state index contributed by atoms with van der Waals surface area (Å²) < 4.78 is 39.9. The van der Waals surface area contributed by atoms with Crippen molar-refractivity contribution in [1.29, 1.82) is 0 Å². The third-order valence-corrected chi connectivity index (χ3v) is 3.75. The van der Waals surface area contributed by atoms with Crippen LogP contribution in [0.25, 0.3) is 0 Å². The lowest BCUT2D eigenvalue weighted by molar-refractivity contribution is -0.384. The van der Waals surface area contributed by atoms with Crippen LogP contribution in [0.15, 0.2) is 36.4 Å². The van der Waals surface area contributed by atoms with Gasteiger partial charge in [0.15, 0.2) is 17.5 Å². The zero-order valence-corrected chi connectivity index (χ0v) is 14.7. The highest BCUT2D eigenvalue weighted by atomic mass is 19.2. The molecule has 0 bridgehead atoms. The first-order valence-electron chi connectivity index (χ1n) is 8.21. The molecular weight excluding hydrogens is 379 g/mol. The minimum atomic E-state index is -1.72. The summed E-state index contributed by atoms with van der Waals surface area (Å²) in [5, 5.41) is 12.8. The van der Waals surface area contributed by atoms with E-state index in [2.05, 4.69) is 5.32 Å². The highest BCUT2D eigenvalue weighted by molar-refractivity contribution is 5.99. The quantitative estimate of drug-likeness (QED) is 0.441. The van der Waals surface area contributed by atoms with E-state index in [1.54, 1.807) is 6.92 Å². The number of anilines is 1. The number of hydrogen-bond acceptors (Lipinski definition) is 4. The lowest BCUT2D eigenvalue weighted by Gasteiger charge is -2.21. The number of amides is 2. The first-order chi connectivity index (χ1) is 13.2. The molecule has 0 aliphatic carbocycles. The van der Waals surface area contributed by atoms with E-state index in [-0.39, 0.29) is 17.8 Å². The molecule has 10 heteroatoms. The molecule has 0 unspecified atom stereocenters. The van der Waals surface area contributed by atoms with Crippen LogP contribution in [0.2, 0.25) is 0 Å². The van der Waals surface area contributed by atoms with E-state index >= 15 is 0 Å². The van der Waals surface area contributed by atoms with Gasteiger partial charge >= 0.3 is 0 Å². The van der Waals surface area contributed by atoms with E-state index < -0.39 is 46.4 Å². The maximum Gasteiger partial charge on any atom is 0.269 e. The molecule has 2 rings (SSSR count). The SMILES string of the molecule is CCCN(CC(=O)Nc1ccc(F)c(F)c1F)C(=O)c1ccc([N+](=O)[O-])cc1. The second-order valence-electron chi connectivity index (χ2n) is 5.80. The summed E-state index contributed by atoms with van der Waals surface area (Å²) in [5.41, 5.74) is -0.612. The van der Waals surface area contributed by atoms with Gasteiger partial charge in [0, 0.05) is 24.2 Å². The number of hydrogen-bond donors (Lipinski definition) is 1. The molecule has 28 heavy (non-hydrogen) atoms. The van der Waals surface area contributed by atoms with Crippen molar-refractivity contribution in [1.82, 2.24) is 4.90 Å². The zero-order chi connectivity index (χ0) is 20.8. The van der Waals surface area contributed by atoms with Gasteiger partial charge in [-0.3, -0.25) is 19.7 Å². The van der Waals surface area contributed by atoms with Gasteiger partial charge < -0.3 is 10.2 Å². The van der Waals surface area contributed by atoms with Gasteiger partial charge in [-0.15, -0.1) is 0 Å². The van der Waals surface area contributed by atoms with Gasteiger partial charge in [-0.2, -0.15) is 0 Å². The van der Waals surface area contributed by atoms with Crippen LogP contribution in [0.5, 0.6) is 0 Å². The summed E-state index contributed by atoms with van der Waals surface area (Å²) >= 11 is 0. The maximum atomic E-state index is 13.7. The van der Waals surface area contributed by atoms with E-state index in [9.17, 15) is 32.9 Å². The Morgan fingerprint density at radius 1 is 1.07 bits per heavy atom. The van der Waals surface area contributed by atoms with Crippen LogP contribution < -0.4 is 5.32 Å². The van der Waals surface area contributed by atoms with Crippen LogP contribution in [-0.2, 0) is 4.79 Å². The summed E-state index contributed by atoms with van der Waals surface area (Å²) in [6.45, 7) is 1.48. The fourth-order valence-corrected chi connectivity index (χ4v) is 2.42. The van der Waals surface area contributed by atoms with Crippen LogP contribution in [0, 0.1) is 27.6 Å². The van der Waals surface area contributed by atoms with Crippen LogP contribution in [0.3, 0.4) is 0 Å². The number of nitrogens with one attached hydrogen (secondary N) is 1. The van der Waals surface area contributed by atoms with E-state index in [1.807, 2.05) is 0 Å². The number of nitro benzene ring substituents is 1. The van der Waals surface area contributed by atoms with Gasteiger partial charge in [-0.25, -0.2) is 13.2 Å². The highest BCUT2D eigenvalue weighted by Gasteiger charge is 2.21. The van der Waals surface area contributed by atoms with E-state index in [4.69, 9.17) is 0 Å². The van der Waals surface area contributed by atoms with Gasteiger partial charge in [0.2, 0.25) is 5.91 Å². The normalized spacial score (nSPS) is 10.4. The van der Waals surface area contributed by atoms with Crippen molar-refractivity contribution in [3.05, 3.63) is 69.5 Å². The first-order valence-corrected chi connectivity index (χ1v) is 8.21. The molecule has 2 amide bonds. The zero-order valence-electron chi connectivity index (χ0n) is 14.7. The van der Waals surface area contributed by atoms with Crippen molar-refractivity contribution in [2.45, 2.75) is 13.3 Å². The summed E-state index contributed by atoms with van der Waals surface area (Å²) in [6, 6.07) is 6.38. The second-order valence-corrected chi connectivity index (χ2v) is 5.80. The molecule has 0 atom stereocenters. The molecule has 1 N–H and O–H groups in total. The predicted molar refractivity (Wildman–Crippen MR) is 94.2 cm³/mol. The summed E-state index contributed by atoms with van der Waals surface area (Å²) in [5.74, 6) is -6.02. The molecule has 7 nitrogen and oxygen atoms in total. The van der Waals surface area contributed by atoms with Crippen molar-refractivity contribution in [2.75, 3.05) is 18.4 Å². The monoisotopic (exact) mass is 395 g/mol. The average Bonchev–Trinajstić information content (AvgIpc) is 2.67. The number of carbonyl (C=O) groups excluding carboxylic acids is 2. The molecule has 0 fully saturated rings. The van der Waals surface area contributed by atoms with Crippen LogP contribution in [0.4, 0.5) is 24.5 Å². The first kappa shape index (κ1) is 20.9. The fourth-order valence-electron chi connectivity index (χ4n) is 2.42. The Labute approximate surface area is 157 Å². The molecule has 0 saturated carbocycles. The van der Waals surface area contributed by atoms with Crippen molar-refractivity contribution in [2.24, 2.45) is 0 Å². The van der Waals surface area contributed by atoms with Crippen molar-refractivity contribution >= 4 is 23.2 Å². The largest absolute Gasteiger partial charge is 0.329 e. The van der Waals surface area contributed by atoms with Crippen LogP contribution in [0.1, 0.15) is 23.7 Å². The van der Waals surface area contributed by atoms with Crippen molar-refractivity contribution in [3.63, 3.8) is 0 Å². The second kappa shape index (κ2) is 8.98. The van der Waals surface area contributed by atoms with Crippen molar-refractivity contribution < 1.29 is 27.7 Å². The van der Waals surface area contributed by atoms with Crippen molar-refractivity contribution in [3.8, 4) is 0 Å². The van der Waals surface area contributed by atoms with E-state index in [1.165, 1.54) is 12.1 Å². The lowest BCUT2D eigenvalue weighted by Crippen LogP contribution is -2.38. The van der Waals surface area contributed by atoms with Crippen LogP contribution >= 0.6 is 0 Å². The number of rotatable bonds is 7. The highest BCUT2D eigenvalue weighted by Crippen LogP contribution is 2.20. The number of nitrogens with zero attached hydrogens (tertiary/aromatic N) is 2. The minimum Gasteiger partial charge on any atom is -0.329 e. The maximum absolute atomic E-state index is 13.7. The van der Waals surface area contributed by atoms with Gasteiger partial charge in [-0.1, -0.05) is 6.92 Å². The Hall–Kier alpha value is -3.43. The Balaban J connectivity index is 2.13. The van der Waals surface area contributed by atoms with Crippen LogP contribution in [-0.4, -0.2) is 34.7 Å². The number of halogens is 3. The Kier molecular flexibility index (Phi) is 6.69. The smallest absolute Gasteiger partial charge is 0.269 e. The lowest BCUT2D eigenvalue weighted by atomic mass is 10.1. The summed E-state index contributed by atoms with van der Waals surface area (Å²) in [7, 11) is 0. The molecular formula is C18H16F3N3O4. The third kappa shape index (κ3) is 4.84.